The van der Waals surface area contributed by atoms with Crippen molar-refractivity contribution in [2.45, 2.75) is 45.4 Å². The standard InChI is InChI=1S/C28H30ClNO4/c1-16(2)15-34-28(32)25-17(3)30-23-13-20(18-5-9-21(29)10-6-18)14-24(31)27(23)26(25)19-7-11-22(33-4)12-8-19/h5-12,16,20,26,30H,13-15H2,1-4H3/t20-,26-/m1/s1. The van der Waals surface area contributed by atoms with E-state index >= 15 is 0 Å². The summed E-state index contributed by atoms with van der Waals surface area (Å²) in [4.78, 5) is 26.8. The van der Waals surface area contributed by atoms with Gasteiger partial charge in [0.2, 0.25) is 0 Å². The van der Waals surface area contributed by atoms with Crippen molar-refractivity contribution in [2.75, 3.05) is 13.7 Å². The van der Waals surface area contributed by atoms with Gasteiger partial charge >= 0.3 is 5.97 Å². The normalized spacial score (nSPS) is 20.2. The topological polar surface area (TPSA) is 64.6 Å². The van der Waals surface area contributed by atoms with Crippen LogP contribution in [0.15, 0.2) is 71.1 Å². The fraction of sp³-hybridized carbons (Fsp3) is 0.357. The molecule has 0 unspecified atom stereocenters. The number of esters is 1. The molecule has 0 saturated heterocycles. The SMILES string of the molecule is COc1ccc([C@@H]2C(C(=O)OCC(C)C)=C(C)NC3=C2C(=O)C[C@H](c2ccc(Cl)cc2)C3)cc1. The molecule has 0 aromatic heterocycles. The second kappa shape index (κ2) is 10.1. The molecule has 0 bridgehead atoms. The number of hydrogen-bond donors (Lipinski definition) is 1. The van der Waals surface area contributed by atoms with E-state index in [4.69, 9.17) is 21.1 Å². The zero-order chi connectivity index (χ0) is 24.4. The minimum atomic E-state index is -0.486. The first-order valence-electron chi connectivity index (χ1n) is 11.6. The Balaban J connectivity index is 1.75. The van der Waals surface area contributed by atoms with Crippen molar-refractivity contribution >= 4 is 23.4 Å². The van der Waals surface area contributed by atoms with Crippen LogP contribution in [-0.2, 0) is 14.3 Å². The molecule has 6 heteroatoms. The van der Waals surface area contributed by atoms with Gasteiger partial charge in [0.15, 0.2) is 5.78 Å². The Morgan fingerprint density at radius 3 is 2.32 bits per heavy atom. The second-order valence-corrected chi connectivity index (χ2v) is 9.77. The molecule has 2 aliphatic rings. The predicted molar refractivity (Wildman–Crippen MR) is 133 cm³/mol. The van der Waals surface area contributed by atoms with Crippen LogP contribution in [0, 0.1) is 5.92 Å². The van der Waals surface area contributed by atoms with Crippen molar-refractivity contribution < 1.29 is 19.1 Å². The summed E-state index contributed by atoms with van der Waals surface area (Å²) in [6, 6.07) is 15.2. The maximum absolute atomic E-state index is 13.6. The zero-order valence-corrected chi connectivity index (χ0v) is 20.7. The number of rotatable bonds is 6. The smallest absolute Gasteiger partial charge is 0.336 e. The highest BCUT2D eigenvalue weighted by Crippen LogP contribution is 2.46. The highest BCUT2D eigenvalue weighted by molar-refractivity contribution is 6.30. The third-order valence-electron chi connectivity index (χ3n) is 6.39. The number of ketones is 1. The van der Waals surface area contributed by atoms with Crippen LogP contribution in [0.3, 0.4) is 0 Å². The predicted octanol–water partition coefficient (Wildman–Crippen LogP) is 5.91. The lowest BCUT2D eigenvalue weighted by molar-refractivity contribution is -0.140. The fourth-order valence-electron chi connectivity index (χ4n) is 4.73. The van der Waals surface area contributed by atoms with Gasteiger partial charge in [0.1, 0.15) is 5.75 Å². The van der Waals surface area contributed by atoms with Crippen molar-refractivity contribution in [1.82, 2.24) is 5.32 Å². The first kappa shape index (κ1) is 24.1. The van der Waals surface area contributed by atoms with Gasteiger partial charge < -0.3 is 14.8 Å². The lowest BCUT2D eigenvalue weighted by Crippen LogP contribution is -2.36. The number of benzene rings is 2. The Labute approximate surface area is 205 Å². The van der Waals surface area contributed by atoms with Crippen LogP contribution in [0.1, 0.15) is 56.6 Å². The van der Waals surface area contributed by atoms with Crippen LogP contribution < -0.4 is 10.1 Å². The van der Waals surface area contributed by atoms with Gasteiger partial charge in [-0.25, -0.2) is 4.79 Å². The number of ether oxygens (including phenoxy) is 2. The first-order valence-corrected chi connectivity index (χ1v) is 12.0. The van der Waals surface area contributed by atoms with Crippen molar-refractivity contribution in [3.63, 3.8) is 0 Å². The number of allylic oxidation sites excluding steroid dienone is 3. The summed E-state index contributed by atoms with van der Waals surface area (Å²) < 4.78 is 10.9. The number of nitrogens with one attached hydrogen (secondary N) is 1. The second-order valence-electron chi connectivity index (χ2n) is 9.33. The minimum absolute atomic E-state index is 0.0381. The molecule has 34 heavy (non-hydrogen) atoms. The molecular formula is C28H30ClNO4. The van der Waals surface area contributed by atoms with Crippen LogP contribution in [-0.4, -0.2) is 25.5 Å². The van der Waals surface area contributed by atoms with Gasteiger partial charge in [-0.05, 0) is 60.6 Å². The van der Waals surface area contributed by atoms with Crippen molar-refractivity contribution in [1.29, 1.82) is 0 Å². The summed E-state index contributed by atoms with van der Waals surface area (Å²) in [6.45, 7) is 6.19. The first-order chi connectivity index (χ1) is 16.3. The number of Topliss-reactive ketones (excluding diaryl/α,β-unsaturated/α-hetero) is 1. The molecule has 0 radical (unpaired) electrons. The van der Waals surface area contributed by atoms with E-state index in [9.17, 15) is 9.59 Å². The average Bonchev–Trinajstić information content (AvgIpc) is 2.82. The number of dihydropyridines is 1. The van der Waals surface area contributed by atoms with Gasteiger partial charge in [0.25, 0.3) is 0 Å². The number of carbonyl (C=O) groups is 2. The van der Waals surface area contributed by atoms with Gasteiger partial charge in [0.05, 0.1) is 19.3 Å². The van der Waals surface area contributed by atoms with Gasteiger partial charge in [-0.1, -0.05) is 49.7 Å². The Morgan fingerprint density at radius 2 is 1.71 bits per heavy atom. The van der Waals surface area contributed by atoms with Gasteiger partial charge in [0, 0.05) is 34.3 Å². The van der Waals surface area contributed by atoms with Crippen LogP contribution >= 0.6 is 11.6 Å². The number of halogens is 1. The van der Waals surface area contributed by atoms with E-state index in [1.807, 2.05) is 69.3 Å². The van der Waals surface area contributed by atoms with Gasteiger partial charge in [-0.3, -0.25) is 4.79 Å². The Bertz CT molecular complexity index is 1150. The summed E-state index contributed by atoms with van der Waals surface area (Å²) in [5.74, 6) is 0.145. The van der Waals surface area contributed by atoms with Crippen LogP contribution in [0.2, 0.25) is 5.02 Å². The van der Waals surface area contributed by atoms with E-state index < -0.39 is 11.9 Å². The summed E-state index contributed by atoms with van der Waals surface area (Å²) >= 11 is 6.06. The third-order valence-corrected chi connectivity index (χ3v) is 6.64. The van der Waals surface area contributed by atoms with E-state index in [1.165, 1.54) is 0 Å². The maximum Gasteiger partial charge on any atom is 0.336 e. The zero-order valence-electron chi connectivity index (χ0n) is 20.0. The molecule has 4 rings (SSSR count). The van der Waals surface area contributed by atoms with Gasteiger partial charge in [-0.2, -0.15) is 0 Å². The highest BCUT2D eigenvalue weighted by Gasteiger charge is 2.41. The number of hydrogen-bond acceptors (Lipinski definition) is 5. The highest BCUT2D eigenvalue weighted by atomic mass is 35.5. The minimum Gasteiger partial charge on any atom is -0.497 e. The van der Waals surface area contributed by atoms with E-state index in [0.717, 1.165) is 22.5 Å². The summed E-state index contributed by atoms with van der Waals surface area (Å²) in [7, 11) is 1.61. The molecule has 1 aliphatic heterocycles. The number of carbonyl (C=O) groups excluding carboxylic acids is 2. The maximum atomic E-state index is 13.6. The molecular weight excluding hydrogens is 450 g/mol. The third kappa shape index (κ3) is 4.90. The number of methoxy groups -OCH3 is 1. The summed E-state index contributed by atoms with van der Waals surface area (Å²) in [5.41, 5.74) is 4.67. The lowest BCUT2D eigenvalue weighted by atomic mass is 9.71. The molecule has 2 aromatic carbocycles. The van der Waals surface area contributed by atoms with Crippen LogP contribution in [0.5, 0.6) is 5.75 Å². The van der Waals surface area contributed by atoms with Crippen LogP contribution in [0.25, 0.3) is 0 Å². The van der Waals surface area contributed by atoms with Gasteiger partial charge in [-0.15, -0.1) is 0 Å². The van der Waals surface area contributed by atoms with E-state index in [-0.39, 0.29) is 17.6 Å². The molecule has 0 saturated carbocycles. The molecule has 178 valence electrons. The molecule has 0 amide bonds. The van der Waals surface area contributed by atoms with Crippen molar-refractivity contribution in [3.05, 3.63) is 87.2 Å². The summed E-state index contributed by atoms with van der Waals surface area (Å²) in [6.07, 6.45) is 1.06. The lowest BCUT2D eigenvalue weighted by Gasteiger charge is -2.36. The molecule has 0 fully saturated rings. The Hall–Kier alpha value is -3.05. The Kier molecular flexibility index (Phi) is 7.13. The molecule has 5 nitrogen and oxygen atoms in total. The van der Waals surface area contributed by atoms with E-state index in [2.05, 4.69) is 5.32 Å². The molecule has 1 aliphatic carbocycles. The summed E-state index contributed by atoms with van der Waals surface area (Å²) in [5, 5.41) is 4.06. The quantitative estimate of drug-likeness (QED) is 0.522. The van der Waals surface area contributed by atoms with E-state index in [1.54, 1.807) is 7.11 Å². The monoisotopic (exact) mass is 479 g/mol. The molecule has 2 atom stereocenters. The molecule has 1 heterocycles. The largest absolute Gasteiger partial charge is 0.497 e. The van der Waals surface area contributed by atoms with E-state index in [0.29, 0.717) is 41.4 Å². The van der Waals surface area contributed by atoms with Crippen LogP contribution in [0.4, 0.5) is 0 Å². The molecule has 1 N–H and O–H groups in total. The fourth-order valence-corrected chi connectivity index (χ4v) is 4.86. The molecule has 2 aromatic rings. The van der Waals surface area contributed by atoms with Crippen molar-refractivity contribution in [2.24, 2.45) is 5.92 Å². The average molecular weight is 480 g/mol. The molecule has 0 spiro atoms. The van der Waals surface area contributed by atoms with Crippen molar-refractivity contribution in [3.8, 4) is 5.75 Å². The Morgan fingerprint density at radius 1 is 1.06 bits per heavy atom.